The van der Waals surface area contributed by atoms with Crippen molar-refractivity contribution in [1.29, 1.82) is 0 Å². The van der Waals surface area contributed by atoms with E-state index in [1.807, 2.05) is 13.8 Å². The van der Waals surface area contributed by atoms with E-state index < -0.39 is 10.8 Å². The van der Waals surface area contributed by atoms with Crippen molar-refractivity contribution in [2.75, 3.05) is 23.9 Å². The van der Waals surface area contributed by atoms with E-state index in [1.165, 1.54) is 83.2 Å². The van der Waals surface area contributed by atoms with Gasteiger partial charge in [0, 0.05) is 36.2 Å². The van der Waals surface area contributed by atoms with Gasteiger partial charge in [0.05, 0.1) is 22.2 Å². The van der Waals surface area contributed by atoms with Gasteiger partial charge < -0.3 is 9.80 Å². The second-order valence-corrected chi connectivity index (χ2v) is 15.7. The van der Waals surface area contributed by atoms with Crippen LogP contribution in [0.5, 0.6) is 0 Å². The minimum atomic E-state index is -0.596. The van der Waals surface area contributed by atoms with Crippen LogP contribution in [-0.2, 0) is 10.8 Å². The Morgan fingerprint density at radius 2 is 0.914 bits per heavy atom. The Morgan fingerprint density at radius 1 is 0.448 bits per heavy atom. The Kier molecular flexibility index (Phi) is 8.68. The van der Waals surface area contributed by atoms with Gasteiger partial charge in [0.25, 0.3) is 0 Å². The van der Waals surface area contributed by atoms with E-state index in [-0.39, 0.29) is 5.92 Å². The molecule has 282 valence electrons. The average Bonchev–Trinajstić information content (AvgIpc) is 3.30. The third-order valence-corrected chi connectivity index (χ3v) is 13.1. The molecule has 8 aromatic carbocycles. The van der Waals surface area contributed by atoms with Crippen molar-refractivity contribution in [3.8, 4) is 0 Å². The molecule has 3 aliphatic rings. The van der Waals surface area contributed by atoms with Crippen LogP contribution in [0.25, 0.3) is 21.5 Å². The van der Waals surface area contributed by atoms with Crippen LogP contribution in [0.1, 0.15) is 59.2 Å². The highest BCUT2D eigenvalue weighted by Gasteiger charge is 2.52. The molecule has 0 bridgehead atoms. The number of nitrogens with zero attached hydrogens (tertiary/aromatic N) is 2. The van der Waals surface area contributed by atoms with Crippen molar-refractivity contribution in [2.45, 2.75) is 31.1 Å². The van der Waals surface area contributed by atoms with Crippen LogP contribution in [0.2, 0.25) is 0 Å². The molecule has 2 nitrogen and oxygen atoms in total. The summed E-state index contributed by atoms with van der Waals surface area (Å²) in [5, 5.41) is 5.03. The van der Waals surface area contributed by atoms with Crippen molar-refractivity contribution >= 4 is 44.3 Å². The minimum absolute atomic E-state index is 0.190. The lowest BCUT2D eigenvalue weighted by Crippen LogP contribution is -2.44. The Morgan fingerprint density at radius 3 is 1.47 bits per heavy atom. The maximum Gasteiger partial charge on any atom is 0.0743 e. The fourth-order valence-electron chi connectivity index (χ4n) is 10.8. The van der Waals surface area contributed by atoms with Gasteiger partial charge in [-0.1, -0.05) is 202 Å². The molecule has 1 aliphatic carbocycles. The first-order valence-electron chi connectivity index (χ1n) is 20.8. The standard InChI is InChI=1S/C54H42N2.C2H6/c1-55-49-35-48-50(56(2)52-44-30-18-16-20-38(44)32-34-46(52)54(48,41-25-11-5-12-26-41)42-27-13-6-14-28-42)36-47(49)53(39-21-7-3-8-22-39,40-23-9-4-10-24-40)45-33-31-37-19-15-17-29-43(37)51(45)55;1-2/h3-27,29-36,42H,28H2,1-2H3;1-2H3. The van der Waals surface area contributed by atoms with Crippen LogP contribution in [0.4, 0.5) is 22.7 Å². The van der Waals surface area contributed by atoms with Gasteiger partial charge in [0.15, 0.2) is 0 Å². The summed E-state index contributed by atoms with van der Waals surface area (Å²) in [7, 11) is 4.58. The Hall–Kier alpha value is -6.64. The first-order valence-corrected chi connectivity index (χ1v) is 20.8. The Bertz CT molecular complexity index is 2830. The maximum atomic E-state index is 2.59. The fraction of sp³-hybridized carbons (Fsp3) is 0.143. The van der Waals surface area contributed by atoms with Gasteiger partial charge >= 0.3 is 0 Å². The van der Waals surface area contributed by atoms with E-state index in [1.54, 1.807) is 0 Å². The molecule has 0 aromatic heterocycles. The van der Waals surface area contributed by atoms with Gasteiger partial charge in [-0.15, -0.1) is 0 Å². The van der Waals surface area contributed by atoms with Crippen LogP contribution in [0.15, 0.2) is 200 Å². The van der Waals surface area contributed by atoms with Crippen molar-refractivity contribution < 1.29 is 0 Å². The number of rotatable bonds is 4. The SMILES string of the molecule is CC.CN1c2cc3c(cc2C(c2ccccc2)(c2ccccc2)c2ccc4ccccc4c21)N(C)c1c(ccc2ccccc12)C3(c1ccccc1)C1C=CC=CC1. The molecule has 0 spiro atoms. The van der Waals surface area contributed by atoms with E-state index in [0.29, 0.717) is 0 Å². The lowest BCUT2D eigenvalue weighted by atomic mass is 9.56. The van der Waals surface area contributed by atoms with E-state index in [2.05, 4.69) is 224 Å². The topological polar surface area (TPSA) is 6.48 Å². The molecule has 2 atom stereocenters. The molecule has 2 aliphatic heterocycles. The van der Waals surface area contributed by atoms with Crippen molar-refractivity contribution in [3.05, 3.63) is 239 Å². The molecule has 2 unspecified atom stereocenters. The monoisotopic (exact) mass is 748 g/mol. The van der Waals surface area contributed by atoms with Crippen molar-refractivity contribution in [1.82, 2.24) is 0 Å². The third kappa shape index (κ3) is 4.91. The first-order chi connectivity index (χ1) is 28.6. The zero-order valence-corrected chi connectivity index (χ0v) is 33.7. The Balaban J connectivity index is 0.00000201. The quantitative estimate of drug-likeness (QED) is 0.177. The number of benzene rings is 8. The van der Waals surface area contributed by atoms with Gasteiger partial charge in [0.1, 0.15) is 0 Å². The molecule has 0 N–H and O–H groups in total. The van der Waals surface area contributed by atoms with E-state index in [9.17, 15) is 0 Å². The third-order valence-electron chi connectivity index (χ3n) is 13.1. The smallest absolute Gasteiger partial charge is 0.0743 e. The van der Waals surface area contributed by atoms with E-state index in [4.69, 9.17) is 0 Å². The lowest BCUT2D eigenvalue weighted by molar-refractivity contribution is 0.444. The van der Waals surface area contributed by atoms with Crippen LogP contribution in [-0.4, -0.2) is 14.1 Å². The largest absolute Gasteiger partial charge is 0.344 e. The normalized spacial score (nSPS) is 18.4. The molecule has 2 heteroatoms. The molecule has 0 amide bonds. The van der Waals surface area contributed by atoms with Gasteiger partial charge in [-0.25, -0.2) is 0 Å². The average molecular weight is 749 g/mol. The summed E-state index contributed by atoms with van der Waals surface area (Å²) in [6.07, 6.45) is 10.2. The summed E-state index contributed by atoms with van der Waals surface area (Å²) >= 11 is 0. The first kappa shape index (κ1) is 35.8. The summed E-state index contributed by atoms with van der Waals surface area (Å²) in [4.78, 5) is 5.01. The second kappa shape index (κ2) is 14.1. The lowest BCUT2D eigenvalue weighted by Gasteiger charge is -2.52. The van der Waals surface area contributed by atoms with Crippen molar-refractivity contribution in [2.24, 2.45) is 5.92 Å². The van der Waals surface area contributed by atoms with E-state index in [0.717, 1.165) is 6.42 Å². The highest BCUT2D eigenvalue weighted by Crippen LogP contribution is 2.63. The van der Waals surface area contributed by atoms with E-state index >= 15 is 0 Å². The molecule has 8 aromatic rings. The number of hydrogen-bond acceptors (Lipinski definition) is 2. The predicted molar refractivity (Wildman–Crippen MR) is 246 cm³/mol. The molecule has 11 rings (SSSR count). The number of allylic oxidation sites excluding steroid dienone is 4. The van der Waals surface area contributed by atoms with Crippen LogP contribution in [0, 0.1) is 5.92 Å². The molecule has 0 fully saturated rings. The summed E-state index contributed by atoms with van der Waals surface area (Å²) in [5.74, 6) is 0.190. The molecular weight excluding hydrogens is 701 g/mol. The maximum absolute atomic E-state index is 2.59. The molecule has 0 radical (unpaired) electrons. The highest BCUT2D eigenvalue weighted by molar-refractivity contribution is 6.04. The number of hydrogen-bond donors (Lipinski definition) is 0. The van der Waals surface area contributed by atoms with Gasteiger partial charge in [-0.2, -0.15) is 0 Å². The fourth-order valence-corrected chi connectivity index (χ4v) is 10.8. The summed E-state index contributed by atoms with van der Waals surface area (Å²) < 4.78 is 0. The minimum Gasteiger partial charge on any atom is -0.344 e. The number of anilines is 4. The van der Waals surface area contributed by atoms with Crippen LogP contribution >= 0.6 is 0 Å². The van der Waals surface area contributed by atoms with Crippen LogP contribution in [0.3, 0.4) is 0 Å². The predicted octanol–water partition coefficient (Wildman–Crippen LogP) is 14.0. The molecule has 0 saturated heterocycles. The molecule has 58 heavy (non-hydrogen) atoms. The van der Waals surface area contributed by atoms with Crippen LogP contribution < -0.4 is 9.80 Å². The van der Waals surface area contributed by atoms with Gasteiger partial charge in [-0.05, 0) is 74.2 Å². The molecular formula is C56H48N2. The van der Waals surface area contributed by atoms with Crippen molar-refractivity contribution in [3.63, 3.8) is 0 Å². The van der Waals surface area contributed by atoms with Gasteiger partial charge in [0.2, 0.25) is 0 Å². The number of fused-ring (bicyclic) bond motifs is 8. The summed E-state index contributed by atoms with van der Waals surface area (Å²) in [6.45, 7) is 4.00. The zero-order valence-electron chi connectivity index (χ0n) is 33.7. The Labute approximate surface area is 343 Å². The summed E-state index contributed by atoms with van der Waals surface area (Å²) in [5.41, 5.74) is 13.0. The highest BCUT2D eigenvalue weighted by atomic mass is 15.1. The summed E-state index contributed by atoms with van der Waals surface area (Å²) in [6, 6.07) is 66.2. The zero-order chi connectivity index (χ0) is 39.4. The second-order valence-electron chi connectivity index (χ2n) is 15.7. The molecule has 0 saturated carbocycles. The van der Waals surface area contributed by atoms with Gasteiger partial charge in [-0.3, -0.25) is 0 Å². The molecule has 2 heterocycles.